The first kappa shape index (κ1) is 24.6. The molecule has 6 nitrogen and oxygen atoms in total. The van der Waals surface area contributed by atoms with Gasteiger partial charge in [0.25, 0.3) is 5.91 Å². The van der Waals surface area contributed by atoms with E-state index >= 15 is 0 Å². The number of nitrogens with one attached hydrogen (secondary N) is 1. The summed E-state index contributed by atoms with van der Waals surface area (Å²) in [6.45, 7) is 6.84. The number of alkyl halides is 3. The Hall–Kier alpha value is -1.47. The molecule has 2 atom stereocenters. The van der Waals surface area contributed by atoms with Gasteiger partial charge in [0.05, 0.1) is 12.1 Å². The lowest BCUT2D eigenvalue weighted by atomic mass is 9.91. The second-order valence-corrected chi connectivity index (χ2v) is 11.9. The van der Waals surface area contributed by atoms with Gasteiger partial charge in [-0.25, -0.2) is 4.79 Å². The molecule has 1 saturated carbocycles. The minimum absolute atomic E-state index is 0.0219. The minimum atomic E-state index is -1.78. The monoisotopic (exact) mass is 513 g/mol. The van der Waals surface area contributed by atoms with Gasteiger partial charge in [-0.05, 0) is 51.2 Å². The lowest BCUT2D eigenvalue weighted by molar-refractivity contribution is -0.129. The summed E-state index contributed by atoms with van der Waals surface area (Å²) in [6.07, 6.45) is 3.99. The highest BCUT2D eigenvalue weighted by Gasteiger charge is 2.49. The zero-order chi connectivity index (χ0) is 24.0. The van der Waals surface area contributed by atoms with E-state index in [2.05, 4.69) is 24.4 Å². The van der Waals surface area contributed by atoms with Crippen molar-refractivity contribution in [2.24, 2.45) is 0 Å². The molecule has 180 valence electrons. The fourth-order valence-corrected chi connectivity index (χ4v) is 4.53. The van der Waals surface area contributed by atoms with Gasteiger partial charge in [-0.15, -0.1) is 0 Å². The minimum Gasteiger partial charge on any atom is -0.439 e. The third-order valence-corrected chi connectivity index (χ3v) is 8.11. The van der Waals surface area contributed by atoms with Crippen molar-refractivity contribution in [2.45, 2.75) is 74.1 Å². The molecule has 1 aromatic carbocycles. The van der Waals surface area contributed by atoms with Crippen LogP contribution in [0.4, 0.5) is 4.79 Å². The summed E-state index contributed by atoms with van der Waals surface area (Å²) in [7, 11) is 0. The van der Waals surface area contributed by atoms with Crippen molar-refractivity contribution in [2.75, 3.05) is 13.1 Å². The maximum atomic E-state index is 13.8. The van der Waals surface area contributed by atoms with Crippen molar-refractivity contribution in [3.05, 3.63) is 47.0 Å². The SMILES string of the molecule is Cc1ccccc1CN(C(=O)C1=CCC2CNCC1N2C(=O)OC(C)(C)C(Cl)(Cl)Cl)C1CC1. The van der Waals surface area contributed by atoms with Gasteiger partial charge < -0.3 is 15.0 Å². The van der Waals surface area contributed by atoms with E-state index in [4.69, 9.17) is 39.5 Å². The number of hydrogen-bond donors (Lipinski definition) is 1. The number of amides is 2. The van der Waals surface area contributed by atoms with Crippen LogP contribution in [0.1, 0.15) is 44.2 Å². The number of carbonyl (C=O) groups excluding carboxylic acids is 2. The lowest BCUT2D eigenvalue weighted by Crippen LogP contribution is -2.64. The normalized spacial score (nSPS) is 23.1. The molecule has 1 saturated heterocycles. The smallest absolute Gasteiger partial charge is 0.411 e. The molecule has 2 unspecified atom stereocenters. The van der Waals surface area contributed by atoms with Crippen LogP contribution in [-0.4, -0.2) is 62.4 Å². The molecule has 1 N–H and O–H groups in total. The summed E-state index contributed by atoms with van der Waals surface area (Å²) in [5.41, 5.74) is 1.59. The topological polar surface area (TPSA) is 61.9 Å². The molecule has 9 heteroatoms. The third kappa shape index (κ3) is 5.14. The van der Waals surface area contributed by atoms with E-state index in [-0.39, 0.29) is 18.0 Å². The summed E-state index contributed by atoms with van der Waals surface area (Å²) in [5.74, 6) is -0.0219. The average Bonchev–Trinajstić information content (AvgIpc) is 3.56. The van der Waals surface area contributed by atoms with Gasteiger partial charge in [-0.1, -0.05) is 65.1 Å². The first-order valence-corrected chi connectivity index (χ1v) is 12.5. The molecule has 4 rings (SSSR count). The Morgan fingerprint density at radius 3 is 2.52 bits per heavy atom. The number of rotatable bonds is 5. The Bertz CT molecular complexity index is 956. The number of hydrogen-bond acceptors (Lipinski definition) is 4. The molecule has 2 aliphatic heterocycles. The van der Waals surface area contributed by atoms with Gasteiger partial charge in [0.1, 0.15) is 0 Å². The summed E-state index contributed by atoms with van der Waals surface area (Å²) in [5, 5.41) is 3.35. The van der Waals surface area contributed by atoms with E-state index < -0.39 is 21.5 Å². The van der Waals surface area contributed by atoms with Crippen LogP contribution < -0.4 is 5.32 Å². The second kappa shape index (κ2) is 9.29. The van der Waals surface area contributed by atoms with Gasteiger partial charge in [0.15, 0.2) is 5.60 Å². The largest absolute Gasteiger partial charge is 0.439 e. The maximum absolute atomic E-state index is 13.8. The van der Waals surface area contributed by atoms with E-state index in [0.717, 1.165) is 24.0 Å². The summed E-state index contributed by atoms with van der Waals surface area (Å²) in [6, 6.07) is 7.81. The Balaban J connectivity index is 1.57. The Morgan fingerprint density at radius 2 is 1.88 bits per heavy atom. The van der Waals surface area contributed by atoms with E-state index in [1.165, 1.54) is 0 Å². The predicted octanol–water partition coefficient (Wildman–Crippen LogP) is 4.74. The standard InChI is InChI=1S/C24H30Cl3N3O3/c1-15-6-4-5-7-16(15)14-29(17-8-9-17)21(31)19-11-10-18-12-28-13-20(19)30(18)22(32)33-23(2,3)24(25,26)27/h4-7,11,17-18,20,28H,8-10,12-14H2,1-3H3. The van der Waals surface area contributed by atoms with Crippen LogP contribution in [0.3, 0.4) is 0 Å². The number of piperazine rings is 1. The van der Waals surface area contributed by atoms with Crippen LogP contribution >= 0.6 is 34.8 Å². The number of nitrogens with zero attached hydrogens (tertiary/aromatic N) is 2. The molecule has 2 bridgehead atoms. The first-order valence-electron chi connectivity index (χ1n) is 11.3. The molecule has 33 heavy (non-hydrogen) atoms. The Morgan fingerprint density at radius 1 is 1.18 bits per heavy atom. The van der Waals surface area contributed by atoms with Crippen LogP contribution in [-0.2, 0) is 16.1 Å². The fraction of sp³-hybridized carbons (Fsp3) is 0.583. The fourth-order valence-electron chi connectivity index (χ4n) is 4.42. The highest BCUT2D eigenvalue weighted by Crippen LogP contribution is 2.41. The number of halogens is 3. The third-order valence-electron chi connectivity index (χ3n) is 6.75. The lowest BCUT2D eigenvalue weighted by Gasteiger charge is -2.47. The van der Waals surface area contributed by atoms with Crippen LogP contribution in [0, 0.1) is 6.92 Å². The van der Waals surface area contributed by atoms with Crippen LogP contribution in [0.25, 0.3) is 0 Å². The Kier molecular flexibility index (Phi) is 6.94. The van der Waals surface area contributed by atoms with E-state index in [1.807, 2.05) is 23.1 Å². The summed E-state index contributed by atoms with van der Waals surface area (Å²) in [4.78, 5) is 30.6. The number of benzene rings is 1. The van der Waals surface area contributed by atoms with Gasteiger partial charge in [-0.2, -0.15) is 0 Å². The molecule has 0 spiro atoms. The molecule has 2 fully saturated rings. The van der Waals surface area contributed by atoms with Crippen molar-refractivity contribution >= 4 is 46.8 Å². The highest BCUT2D eigenvalue weighted by molar-refractivity contribution is 6.68. The molecule has 1 aromatic rings. The highest BCUT2D eigenvalue weighted by atomic mass is 35.6. The zero-order valence-corrected chi connectivity index (χ0v) is 21.4. The molecule has 1 aliphatic carbocycles. The van der Waals surface area contributed by atoms with E-state index in [0.29, 0.717) is 31.6 Å². The molecule has 2 amide bonds. The van der Waals surface area contributed by atoms with Crippen molar-refractivity contribution < 1.29 is 14.3 Å². The van der Waals surface area contributed by atoms with Crippen LogP contribution in [0.15, 0.2) is 35.9 Å². The average molecular weight is 515 g/mol. The molecule has 2 heterocycles. The zero-order valence-electron chi connectivity index (χ0n) is 19.1. The number of carbonyl (C=O) groups is 2. The molecule has 3 aliphatic rings. The van der Waals surface area contributed by atoms with Gasteiger partial charge in [-0.3, -0.25) is 9.69 Å². The number of ether oxygens (including phenoxy) is 1. The van der Waals surface area contributed by atoms with Crippen molar-refractivity contribution in [3.63, 3.8) is 0 Å². The van der Waals surface area contributed by atoms with Crippen molar-refractivity contribution in [3.8, 4) is 0 Å². The van der Waals surface area contributed by atoms with Crippen molar-refractivity contribution in [1.82, 2.24) is 15.1 Å². The van der Waals surface area contributed by atoms with E-state index in [9.17, 15) is 9.59 Å². The molecule has 0 radical (unpaired) electrons. The first-order chi connectivity index (χ1) is 15.5. The Labute approximate surface area is 210 Å². The second-order valence-electron chi connectivity index (χ2n) is 9.60. The van der Waals surface area contributed by atoms with Gasteiger partial charge >= 0.3 is 6.09 Å². The molecular formula is C24H30Cl3N3O3. The van der Waals surface area contributed by atoms with Crippen molar-refractivity contribution in [1.29, 1.82) is 0 Å². The molecule has 0 aromatic heterocycles. The van der Waals surface area contributed by atoms with Gasteiger partial charge in [0.2, 0.25) is 3.79 Å². The van der Waals surface area contributed by atoms with Crippen LogP contribution in [0.2, 0.25) is 0 Å². The molecular weight excluding hydrogens is 485 g/mol. The van der Waals surface area contributed by atoms with Gasteiger partial charge in [0, 0.05) is 31.2 Å². The summed E-state index contributed by atoms with van der Waals surface area (Å²) < 4.78 is 3.87. The quantitative estimate of drug-likeness (QED) is 0.576. The number of fused-ring (bicyclic) bond motifs is 2. The predicted molar refractivity (Wildman–Crippen MR) is 131 cm³/mol. The summed E-state index contributed by atoms with van der Waals surface area (Å²) >= 11 is 18.1. The maximum Gasteiger partial charge on any atom is 0.411 e. The number of aryl methyl sites for hydroxylation is 1. The van der Waals surface area contributed by atoms with E-state index in [1.54, 1.807) is 18.7 Å². The van der Waals surface area contributed by atoms with Crippen LogP contribution in [0.5, 0.6) is 0 Å².